The third-order valence-corrected chi connectivity index (χ3v) is 5.42. The minimum atomic E-state index is -0.529. The summed E-state index contributed by atoms with van der Waals surface area (Å²) in [6, 6.07) is 7.51. The number of aromatic nitrogens is 2. The molecule has 0 aromatic carbocycles. The van der Waals surface area contributed by atoms with Crippen LogP contribution in [0.3, 0.4) is 0 Å². The summed E-state index contributed by atoms with van der Waals surface area (Å²) in [5, 5.41) is 8.52. The number of carbonyl (C=O) groups is 2. The van der Waals surface area contributed by atoms with Crippen LogP contribution in [0.5, 0.6) is 0 Å². The highest BCUT2D eigenvalue weighted by molar-refractivity contribution is 7.09. The first-order valence-corrected chi connectivity index (χ1v) is 10.2. The van der Waals surface area contributed by atoms with Gasteiger partial charge in [-0.15, -0.1) is 11.3 Å². The maximum atomic E-state index is 12.5. The van der Waals surface area contributed by atoms with E-state index in [9.17, 15) is 9.59 Å². The molecule has 29 heavy (non-hydrogen) atoms. The molecule has 0 saturated carbocycles. The molecule has 8 heteroatoms. The highest BCUT2D eigenvalue weighted by Gasteiger charge is 2.21. The van der Waals surface area contributed by atoms with E-state index < -0.39 is 18.5 Å². The highest BCUT2D eigenvalue weighted by Crippen LogP contribution is 2.24. The molecule has 3 heterocycles. The Balaban J connectivity index is 1.59. The Labute approximate surface area is 173 Å². The summed E-state index contributed by atoms with van der Waals surface area (Å²) in [4.78, 5) is 25.8. The summed E-state index contributed by atoms with van der Waals surface area (Å²) >= 11 is 1.67. The largest absolute Gasteiger partial charge is 0.452 e. The van der Waals surface area contributed by atoms with Gasteiger partial charge in [-0.05, 0) is 31.4 Å². The molecule has 0 saturated heterocycles. The molecule has 0 fully saturated rings. The molecule has 7 nitrogen and oxygen atoms in total. The van der Waals surface area contributed by atoms with Crippen LogP contribution < -0.4 is 5.32 Å². The van der Waals surface area contributed by atoms with Crippen molar-refractivity contribution in [3.8, 4) is 0 Å². The molecule has 0 radical (unpaired) electrons. The fraction of sp³-hybridized carbons (Fsp3) is 0.381. The van der Waals surface area contributed by atoms with Crippen molar-refractivity contribution in [3.63, 3.8) is 0 Å². The Hall–Kier alpha value is -2.87. The fourth-order valence-corrected chi connectivity index (χ4v) is 3.57. The van der Waals surface area contributed by atoms with Crippen LogP contribution in [0.1, 0.15) is 53.1 Å². The Bertz CT molecular complexity index is 1010. The van der Waals surface area contributed by atoms with Gasteiger partial charge < -0.3 is 13.8 Å². The van der Waals surface area contributed by atoms with Gasteiger partial charge in [0.05, 0.1) is 17.8 Å². The number of thiophene rings is 1. The van der Waals surface area contributed by atoms with Gasteiger partial charge in [-0.25, -0.2) is 4.79 Å². The molecule has 1 N–H and O–H groups in total. The zero-order valence-electron chi connectivity index (χ0n) is 17.2. The molecule has 0 aliphatic carbocycles. The number of aryl methyl sites for hydroxylation is 1. The lowest BCUT2D eigenvalue weighted by atomic mass is 9.92. The standard InChI is InChI=1S/C21H25N3O4S/c1-13-9-16(14(2)24(13)11-15-7-6-8-29-15)20(26)27-12-18(25)22-19-10-17(23-28-19)21(3,4)5/h6-10H,11-12H2,1-5H3,(H,22,25). The maximum absolute atomic E-state index is 12.5. The fourth-order valence-electron chi connectivity index (χ4n) is 2.88. The first-order chi connectivity index (χ1) is 13.6. The zero-order chi connectivity index (χ0) is 21.2. The summed E-state index contributed by atoms with van der Waals surface area (Å²) in [5.74, 6) is -0.786. The van der Waals surface area contributed by atoms with Gasteiger partial charge in [0, 0.05) is 27.7 Å². The van der Waals surface area contributed by atoms with E-state index in [0.29, 0.717) is 12.1 Å². The van der Waals surface area contributed by atoms with Crippen LogP contribution >= 0.6 is 11.3 Å². The van der Waals surface area contributed by atoms with Crippen molar-refractivity contribution < 1.29 is 18.8 Å². The van der Waals surface area contributed by atoms with E-state index in [-0.39, 0.29) is 11.3 Å². The lowest BCUT2D eigenvalue weighted by molar-refractivity contribution is -0.119. The minimum absolute atomic E-state index is 0.190. The molecule has 0 aliphatic rings. The number of ether oxygens (including phenoxy) is 1. The van der Waals surface area contributed by atoms with E-state index >= 15 is 0 Å². The van der Waals surface area contributed by atoms with Gasteiger partial charge in [0.1, 0.15) is 0 Å². The van der Waals surface area contributed by atoms with Crippen LogP contribution in [-0.4, -0.2) is 28.2 Å². The predicted molar refractivity (Wildman–Crippen MR) is 111 cm³/mol. The van der Waals surface area contributed by atoms with Gasteiger partial charge in [0.25, 0.3) is 5.91 Å². The molecular weight excluding hydrogens is 390 g/mol. The molecular formula is C21H25N3O4S. The average Bonchev–Trinajstić information content (AvgIpc) is 3.37. The van der Waals surface area contributed by atoms with Crippen LogP contribution in [-0.2, 0) is 21.5 Å². The van der Waals surface area contributed by atoms with E-state index in [2.05, 4.69) is 21.1 Å². The smallest absolute Gasteiger partial charge is 0.340 e. The number of nitrogens with one attached hydrogen (secondary N) is 1. The van der Waals surface area contributed by atoms with Crippen molar-refractivity contribution in [2.75, 3.05) is 11.9 Å². The van der Waals surface area contributed by atoms with Crippen molar-refractivity contribution in [2.24, 2.45) is 0 Å². The Morgan fingerprint density at radius 2 is 2.03 bits per heavy atom. The highest BCUT2D eigenvalue weighted by atomic mass is 32.1. The van der Waals surface area contributed by atoms with Gasteiger partial charge in [0.15, 0.2) is 6.61 Å². The second-order valence-electron chi connectivity index (χ2n) is 7.90. The normalized spacial score (nSPS) is 11.5. The second-order valence-corrected chi connectivity index (χ2v) is 8.93. The number of esters is 1. The first kappa shape index (κ1) is 20.9. The number of rotatable bonds is 6. The first-order valence-electron chi connectivity index (χ1n) is 9.28. The van der Waals surface area contributed by atoms with Gasteiger partial charge in [0.2, 0.25) is 5.88 Å². The number of hydrogen-bond acceptors (Lipinski definition) is 6. The molecule has 3 aromatic rings. The summed E-state index contributed by atoms with van der Waals surface area (Å²) in [7, 11) is 0. The molecule has 0 bridgehead atoms. The Morgan fingerprint density at radius 1 is 1.28 bits per heavy atom. The Morgan fingerprint density at radius 3 is 2.66 bits per heavy atom. The van der Waals surface area contributed by atoms with E-state index in [4.69, 9.17) is 9.26 Å². The van der Waals surface area contributed by atoms with Gasteiger partial charge >= 0.3 is 5.97 Å². The van der Waals surface area contributed by atoms with Crippen molar-refractivity contribution in [1.82, 2.24) is 9.72 Å². The monoisotopic (exact) mass is 415 g/mol. The third kappa shape index (κ3) is 4.95. The average molecular weight is 416 g/mol. The molecule has 3 rings (SSSR count). The summed E-state index contributed by atoms with van der Waals surface area (Å²) in [6.45, 7) is 10.1. The van der Waals surface area contributed by atoms with Crippen LogP contribution in [0.4, 0.5) is 5.88 Å². The molecule has 3 aromatic heterocycles. The maximum Gasteiger partial charge on any atom is 0.340 e. The van der Waals surface area contributed by atoms with E-state index in [1.54, 1.807) is 23.5 Å². The predicted octanol–water partition coefficient (Wildman–Crippen LogP) is 4.30. The SMILES string of the molecule is Cc1cc(C(=O)OCC(=O)Nc2cc(C(C)(C)C)no2)c(C)n1Cc1cccs1. The topological polar surface area (TPSA) is 86.4 Å². The van der Waals surface area contributed by atoms with Crippen LogP contribution in [0.2, 0.25) is 0 Å². The number of nitrogens with zero attached hydrogens (tertiary/aromatic N) is 2. The summed E-state index contributed by atoms with van der Waals surface area (Å²) in [6.07, 6.45) is 0. The van der Waals surface area contributed by atoms with Crippen LogP contribution in [0.15, 0.2) is 34.2 Å². The zero-order valence-corrected chi connectivity index (χ0v) is 18.1. The van der Waals surface area contributed by atoms with Crippen molar-refractivity contribution in [3.05, 3.63) is 57.2 Å². The van der Waals surface area contributed by atoms with Crippen molar-refractivity contribution in [1.29, 1.82) is 0 Å². The van der Waals surface area contributed by atoms with Gasteiger partial charge in [-0.2, -0.15) is 0 Å². The van der Waals surface area contributed by atoms with Gasteiger partial charge in [-0.3, -0.25) is 10.1 Å². The van der Waals surface area contributed by atoms with Crippen molar-refractivity contribution >= 4 is 29.1 Å². The lowest BCUT2D eigenvalue weighted by Crippen LogP contribution is -2.21. The molecule has 154 valence electrons. The van der Waals surface area contributed by atoms with E-state index in [0.717, 1.165) is 17.1 Å². The molecule has 0 unspecified atom stereocenters. The molecule has 0 aliphatic heterocycles. The Kier molecular flexibility index (Phi) is 5.93. The number of anilines is 1. The quantitative estimate of drug-likeness (QED) is 0.607. The number of amides is 1. The van der Waals surface area contributed by atoms with E-state index in [1.165, 1.54) is 4.88 Å². The second kappa shape index (κ2) is 8.24. The third-order valence-electron chi connectivity index (χ3n) is 4.56. The molecule has 1 amide bonds. The molecule has 0 atom stereocenters. The number of hydrogen-bond donors (Lipinski definition) is 1. The summed E-state index contributed by atoms with van der Waals surface area (Å²) < 4.78 is 12.4. The minimum Gasteiger partial charge on any atom is -0.452 e. The van der Waals surface area contributed by atoms with Gasteiger partial charge in [-0.1, -0.05) is 32.0 Å². The molecule has 0 spiro atoms. The number of carbonyl (C=O) groups excluding carboxylic acids is 2. The summed E-state index contributed by atoms with van der Waals surface area (Å²) in [5.41, 5.74) is 2.77. The van der Waals surface area contributed by atoms with Crippen molar-refractivity contribution in [2.45, 2.75) is 46.6 Å². The van der Waals surface area contributed by atoms with Crippen LogP contribution in [0.25, 0.3) is 0 Å². The van der Waals surface area contributed by atoms with Crippen LogP contribution in [0, 0.1) is 13.8 Å². The lowest BCUT2D eigenvalue weighted by Gasteiger charge is -2.12. The van der Waals surface area contributed by atoms with E-state index in [1.807, 2.05) is 46.1 Å².